The van der Waals surface area contributed by atoms with Gasteiger partial charge in [-0.3, -0.25) is 9.59 Å². The predicted molar refractivity (Wildman–Crippen MR) is 121 cm³/mol. The van der Waals surface area contributed by atoms with Gasteiger partial charge in [-0.25, -0.2) is 9.37 Å². The number of carbonyl (C=O) groups excluding carboxylic acids is 2. The molecule has 1 aliphatic carbocycles. The molecule has 0 aliphatic heterocycles. The van der Waals surface area contributed by atoms with Gasteiger partial charge in [-0.2, -0.15) is 13.2 Å². The Morgan fingerprint density at radius 2 is 1.97 bits per heavy atom. The van der Waals surface area contributed by atoms with Crippen LogP contribution in [0.1, 0.15) is 51.0 Å². The van der Waals surface area contributed by atoms with Crippen molar-refractivity contribution in [2.24, 2.45) is 11.1 Å². The molecule has 0 radical (unpaired) electrons. The molecule has 0 unspecified atom stereocenters. The summed E-state index contributed by atoms with van der Waals surface area (Å²) in [4.78, 5) is 30.8. The minimum atomic E-state index is -4.41. The smallest absolute Gasteiger partial charge is 0.366 e. The number of carbonyl (C=O) groups is 2. The number of nitrogens with zero attached hydrogens (tertiary/aromatic N) is 2. The molecule has 6 nitrogen and oxygen atoms in total. The second-order valence-corrected chi connectivity index (χ2v) is 10.3. The quantitative estimate of drug-likeness (QED) is 0.486. The Balaban J connectivity index is 1.68. The maximum absolute atomic E-state index is 14.1. The summed E-state index contributed by atoms with van der Waals surface area (Å²) in [5.41, 5.74) is 3.61. The van der Waals surface area contributed by atoms with Gasteiger partial charge in [0.05, 0.1) is 16.0 Å². The Labute approximate surface area is 199 Å². The van der Waals surface area contributed by atoms with Gasteiger partial charge >= 0.3 is 6.18 Å². The average molecular weight is 501 g/mol. The number of nitrogens with one attached hydrogen (secondary N) is 1. The summed E-state index contributed by atoms with van der Waals surface area (Å²) < 4.78 is 55.6. The summed E-state index contributed by atoms with van der Waals surface area (Å²) in [5.74, 6) is -3.11. The highest BCUT2D eigenvalue weighted by Gasteiger charge is 2.68. The van der Waals surface area contributed by atoms with E-state index in [2.05, 4.69) is 10.3 Å². The lowest BCUT2D eigenvalue weighted by Crippen LogP contribution is -2.42. The fourth-order valence-corrected chi connectivity index (χ4v) is 5.09. The number of benzene rings is 1. The number of thiazole rings is 1. The molecule has 2 aromatic rings. The van der Waals surface area contributed by atoms with E-state index in [-0.39, 0.29) is 37.4 Å². The van der Waals surface area contributed by atoms with Gasteiger partial charge in [0, 0.05) is 36.0 Å². The predicted octanol–water partition coefficient (Wildman–Crippen LogP) is 3.79. The molecule has 1 heterocycles. The van der Waals surface area contributed by atoms with Crippen molar-refractivity contribution < 1.29 is 27.2 Å². The minimum Gasteiger partial charge on any atom is -0.366 e. The maximum Gasteiger partial charge on any atom is 0.395 e. The van der Waals surface area contributed by atoms with Crippen LogP contribution in [0, 0.1) is 18.2 Å². The molecule has 0 spiro atoms. The van der Waals surface area contributed by atoms with Gasteiger partial charge in [0.15, 0.2) is 0 Å². The first-order valence-corrected chi connectivity index (χ1v) is 11.7. The topological polar surface area (TPSA) is 88.3 Å². The van der Waals surface area contributed by atoms with Crippen LogP contribution in [0.4, 0.5) is 17.6 Å². The van der Waals surface area contributed by atoms with Gasteiger partial charge in [0.25, 0.3) is 5.91 Å². The SMILES string of the molecule is Cc1cnc([C@H](CC(=O)NC[C@H](Cc2ccc(C(N)=O)c(F)c2)N(C)C)C2(C(F)(F)F)CC2)s1. The third-order valence-corrected chi connectivity index (χ3v) is 7.41. The zero-order valence-electron chi connectivity index (χ0n) is 19.2. The minimum absolute atomic E-state index is 0.0136. The number of alkyl halides is 3. The first kappa shape index (κ1) is 26.1. The fourth-order valence-electron chi connectivity index (χ4n) is 4.10. The van der Waals surface area contributed by atoms with Crippen molar-refractivity contribution in [1.29, 1.82) is 0 Å². The van der Waals surface area contributed by atoms with Crippen molar-refractivity contribution in [3.05, 3.63) is 51.2 Å². The molecule has 1 saturated carbocycles. The molecule has 34 heavy (non-hydrogen) atoms. The van der Waals surface area contributed by atoms with Crippen LogP contribution < -0.4 is 11.1 Å². The normalized spacial score (nSPS) is 16.8. The van der Waals surface area contributed by atoms with Crippen molar-refractivity contribution >= 4 is 23.2 Å². The number of hydrogen-bond acceptors (Lipinski definition) is 5. The van der Waals surface area contributed by atoms with Gasteiger partial charge < -0.3 is 16.0 Å². The monoisotopic (exact) mass is 500 g/mol. The van der Waals surface area contributed by atoms with E-state index in [0.29, 0.717) is 17.0 Å². The molecule has 0 bridgehead atoms. The molecule has 1 fully saturated rings. The fraction of sp³-hybridized carbons (Fsp3) is 0.522. The van der Waals surface area contributed by atoms with E-state index in [1.165, 1.54) is 29.7 Å². The Morgan fingerprint density at radius 3 is 2.44 bits per heavy atom. The van der Waals surface area contributed by atoms with E-state index in [1.54, 1.807) is 27.1 Å². The van der Waals surface area contributed by atoms with E-state index in [0.717, 1.165) is 4.88 Å². The number of nitrogens with two attached hydrogens (primary N) is 1. The van der Waals surface area contributed by atoms with Crippen LogP contribution in [-0.2, 0) is 11.2 Å². The lowest BCUT2D eigenvalue weighted by Gasteiger charge is -2.28. The summed E-state index contributed by atoms with van der Waals surface area (Å²) in [6.45, 7) is 1.93. The van der Waals surface area contributed by atoms with Crippen LogP contribution in [0.5, 0.6) is 0 Å². The molecule has 3 rings (SSSR count). The molecule has 0 saturated heterocycles. The third kappa shape index (κ3) is 5.75. The van der Waals surface area contributed by atoms with E-state index in [4.69, 9.17) is 5.73 Å². The Morgan fingerprint density at radius 1 is 1.29 bits per heavy atom. The number of rotatable bonds is 10. The number of primary amides is 1. The number of hydrogen-bond donors (Lipinski definition) is 2. The van der Waals surface area contributed by atoms with E-state index in [9.17, 15) is 27.2 Å². The van der Waals surface area contributed by atoms with Crippen LogP contribution >= 0.6 is 11.3 Å². The molecule has 11 heteroatoms. The van der Waals surface area contributed by atoms with E-state index in [1.807, 2.05) is 4.90 Å². The Hall–Kier alpha value is -2.53. The van der Waals surface area contributed by atoms with Crippen LogP contribution in [-0.4, -0.2) is 54.6 Å². The van der Waals surface area contributed by atoms with Crippen molar-refractivity contribution in [3.8, 4) is 0 Å². The third-order valence-electron chi connectivity index (χ3n) is 6.38. The molecule has 1 aromatic carbocycles. The molecule has 3 N–H and O–H groups in total. The summed E-state index contributed by atoms with van der Waals surface area (Å²) in [5, 5.41) is 3.08. The molecular formula is C23H28F4N4O2S. The van der Waals surface area contributed by atoms with Crippen molar-refractivity contribution in [3.63, 3.8) is 0 Å². The number of aryl methyl sites for hydroxylation is 1. The number of halogens is 4. The van der Waals surface area contributed by atoms with E-state index < -0.39 is 35.1 Å². The largest absolute Gasteiger partial charge is 0.395 e. The molecule has 2 amide bonds. The average Bonchev–Trinajstić information content (AvgIpc) is 3.44. The molecule has 1 aromatic heterocycles. The highest BCUT2D eigenvalue weighted by Crippen LogP contribution is 2.66. The number of amides is 2. The van der Waals surface area contributed by atoms with Crippen LogP contribution in [0.2, 0.25) is 0 Å². The second-order valence-electron chi connectivity index (χ2n) is 9.02. The molecular weight excluding hydrogens is 472 g/mol. The Bertz CT molecular complexity index is 1050. The maximum atomic E-state index is 14.1. The van der Waals surface area contributed by atoms with Crippen molar-refractivity contribution in [1.82, 2.24) is 15.2 Å². The highest BCUT2D eigenvalue weighted by molar-refractivity contribution is 7.11. The van der Waals surface area contributed by atoms with Crippen molar-refractivity contribution in [2.75, 3.05) is 20.6 Å². The summed E-state index contributed by atoms with van der Waals surface area (Å²) in [6.07, 6.45) is -2.87. The lowest BCUT2D eigenvalue weighted by atomic mass is 9.85. The van der Waals surface area contributed by atoms with Gasteiger partial charge in [0.1, 0.15) is 5.82 Å². The molecule has 186 valence electrons. The first-order valence-electron chi connectivity index (χ1n) is 10.8. The molecule has 1 aliphatic rings. The lowest BCUT2D eigenvalue weighted by molar-refractivity contribution is -0.194. The summed E-state index contributed by atoms with van der Waals surface area (Å²) >= 11 is 1.19. The van der Waals surface area contributed by atoms with Crippen LogP contribution in [0.15, 0.2) is 24.4 Å². The van der Waals surface area contributed by atoms with Gasteiger partial charge in [-0.15, -0.1) is 11.3 Å². The summed E-state index contributed by atoms with van der Waals surface area (Å²) in [6, 6.07) is 3.87. The standard InChI is InChI=1S/C23H28F4N4O2S/c1-13-11-30-21(34-13)17(22(6-7-22)23(25,26)27)10-19(32)29-12-15(31(2)3)8-14-4-5-16(20(28)33)18(24)9-14/h4-5,9,11,15,17H,6-8,10,12H2,1-3H3,(H2,28,33)(H,29,32)/t15-,17-/m0/s1. The van der Waals surface area contributed by atoms with Gasteiger partial charge in [0.2, 0.25) is 5.91 Å². The van der Waals surface area contributed by atoms with Crippen LogP contribution in [0.25, 0.3) is 0 Å². The highest BCUT2D eigenvalue weighted by atomic mass is 32.1. The first-order chi connectivity index (χ1) is 15.8. The Kier molecular flexibility index (Phi) is 7.66. The number of aromatic nitrogens is 1. The van der Waals surface area contributed by atoms with Gasteiger partial charge in [-0.1, -0.05) is 6.07 Å². The number of likely N-dealkylation sites (N-methyl/N-ethyl adjacent to an activating group) is 1. The van der Waals surface area contributed by atoms with Crippen LogP contribution in [0.3, 0.4) is 0 Å². The zero-order chi connectivity index (χ0) is 25.3. The second kappa shape index (κ2) is 9.99. The summed E-state index contributed by atoms with van der Waals surface area (Å²) in [7, 11) is 3.57. The molecule has 2 atom stereocenters. The van der Waals surface area contributed by atoms with Gasteiger partial charge in [-0.05, 0) is 58.0 Å². The van der Waals surface area contributed by atoms with E-state index >= 15 is 0 Å². The van der Waals surface area contributed by atoms with Crippen molar-refractivity contribution in [2.45, 2.75) is 50.7 Å². The zero-order valence-corrected chi connectivity index (χ0v) is 20.0.